The first-order chi connectivity index (χ1) is 8.49. The fourth-order valence-corrected chi connectivity index (χ4v) is 2.18. The molecule has 0 heterocycles. The van der Waals surface area contributed by atoms with E-state index in [9.17, 15) is 9.50 Å². The highest BCUT2D eigenvalue weighted by Gasteiger charge is 2.16. The van der Waals surface area contributed by atoms with Crippen LogP contribution in [0.1, 0.15) is 17.2 Å². The molecule has 0 aliphatic rings. The van der Waals surface area contributed by atoms with Crippen molar-refractivity contribution in [2.45, 2.75) is 6.10 Å². The monoisotopic (exact) mass is 348 g/mol. The van der Waals surface area contributed by atoms with E-state index >= 15 is 0 Å². The topological polar surface area (TPSA) is 20.2 Å². The van der Waals surface area contributed by atoms with Gasteiger partial charge in [-0.05, 0) is 45.8 Å². The maximum absolute atomic E-state index is 13.7. The largest absolute Gasteiger partial charge is 0.384 e. The Bertz CT molecular complexity index is 589. The van der Waals surface area contributed by atoms with Gasteiger partial charge in [0.15, 0.2) is 0 Å². The molecule has 0 bridgehead atoms. The van der Waals surface area contributed by atoms with Gasteiger partial charge in [0, 0.05) is 15.1 Å². The molecule has 0 aliphatic carbocycles. The lowest BCUT2D eigenvalue weighted by atomic mass is 10.0. The Morgan fingerprint density at radius 2 is 1.83 bits per heavy atom. The summed E-state index contributed by atoms with van der Waals surface area (Å²) in [5.41, 5.74) is 0.683. The minimum Gasteiger partial charge on any atom is -0.384 e. The van der Waals surface area contributed by atoms with E-state index in [1.807, 2.05) is 0 Å². The second-order valence-corrected chi connectivity index (χ2v) is 5.44. The fourth-order valence-electron chi connectivity index (χ4n) is 1.59. The predicted molar refractivity (Wildman–Crippen MR) is 74.6 cm³/mol. The maximum atomic E-state index is 13.7. The molecule has 0 spiro atoms. The summed E-state index contributed by atoms with van der Waals surface area (Å²) in [6.07, 6.45) is -1.08. The molecule has 0 fully saturated rings. The molecule has 1 atom stereocenters. The van der Waals surface area contributed by atoms with Gasteiger partial charge >= 0.3 is 0 Å². The van der Waals surface area contributed by atoms with Gasteiger partial charge in [0.25, 0.3) is 0 Å². The Morgan fingerprint density at radius 3 is 2.44 bits per heavy atom. The molecule has 2 rings (SSSR count). The number of halogens is 4. The second-order valence-electron chi connectivity index (χ2n) is 3.74. The summed E-state index contributed by atoms with van der Waals surface area (Å²) in [6.45, 7) is 0. The van der Waals surface area contributed by atoms with E-state index in [0.29, 0.717) is 10.6 Å². The first-order valence-electron chi connectivity index (χ1n) is 5.07. The van der Waals surface area contributed by atoms with Gasteiger partial charge in [0.2, 0.25) is 0 Å². The zero-order valence-electron chi connectivity index (χ0n) is 9.00. The van der Waals surface area contributed by atoms with Gasteiger partial charge in [-0.3, -0.25) is 0 Å². The summed E-state index contributed by atoms with van der Waals surface area (Å²) < 4.78 is 14.4. The van der Waals surface area contributed by atoms with Crippen LogP contribution in [0.2, 0.25) is 10.0 Å². The molecular weight excluding hydrogens is 342 g/mol. The Labute approximate surface area is 122 Å². The molecule has 0 saturated heterocycles. The van der Waals surface area contributed by atoms with Crippen LogP contribution in [0.25, 0.3) is 0 Å². The Hall–Kier alpha value is -0.610. The molecule has 0 saturated carbocycles. The Morgan fingerprint density at radius 1 is 1.11 bits per heavy atom. The van der Waals surface area contributed by atoms with Crippen molar-refractivity contribution in [3.05, 3.63) is 67.9 Å². The standard InChI is InChI=1S/C13H8BrCl2FO/c14-10-4-1-7(5-11(10)16)13(18)9-3-2-8(15)6-12(9)17/h1-6,13,18H. The van der Waals surface area contributed by atoms with E-state index in [0.717, 1.165) is 4.47 Å². The van der Waals surface area contributed by atoms with Crippen LogP contribution in [0.5, 0.6) is 0 Å². The van der Waals surface area contributed by atoms with Crippen molar-refractivity contribution in [3.63, 3.8) is 0 Å². The van der Waals surface area contributed by atoms with Gasteiger partial charge in [0.1, 0.15) is 11.9 Å². The van der Waals surface area contributed by atoms with Crippen molar-refractivity contribution in [2.24, 2.45) is 0 Å². The summed E-state index contributed by atoms with van der Waals surface area (Å²) in [5, 5.41) is 10.9. The van der Waals surface area contributed by atoms with Gasteiger partial charge < -0.3 is 5.11 Å². The van der Waals surface area contributed by atoms with E-state index < -0.39 is 11.9 Å². The van der Waals surface area contributed by atoms with E-state index in [1.165, 1.54) is 18.2 Å². The summed E-state index contributed by atoms with van der Waals surface area (Å²) in [4.78, 5) is 0. The van der Waals surface area contributed by atoms with E-state index in [-0.39, 0.29) is 10.6 Å². The van der Waals surface area contributed by atoms with Crippen LogP contribution in [0, 0.1) is 5.82 Å². The molecule has 1 nitrogen and oxygen atoms in total. The number of hydrogen-bond donors (Lipinski definition) is 1. The van der Waals surface area contributed by atoms with Gasteiger partial charge in [-0.2, -0.15) is 0 Å². The fraction of sp³-hybridized carbons (Fsp3) is 0.0769. The SMILES string of the molecule is OC(c1ccc(Br)c(Cl)c1)c1ccc(Cl)cc1F. The maximum Gasteiger partial charge on any atom is 0.130 e. The third-order valence-electron chi connectivity index (χ3n) is 2.52. The highest BCUT2D eigenvalue weighted by atomic mass is 79.9. The molecule has 1 unspecified atom stereocenters. The van der Waals surface area contributed by atoms with Crippen LogP contribution in [0.4, 0.5) is 4.39 Å². The molecule has 94 valence electrons. The average Bonchev–Trinajstić information content (AvgIpc) is 2.32. The minimum absolute atomic E-state index is 0.165. The highest BCUT2D eigenvalue weighted by molar-refractivity contribution is 9.10. The third-order valence-corrected chi connectivity index (χ3v) is 3.98. The van der Waals surface area contributed by atoms with Crippen LogP contribution < -0.4 is 0 Å². The minimum atomic E-state index is -1.08. The lowest BCUT2D eigenvalue weighted by Gasteiger charge is -2.13. The quantitative estimate of drug-likeness (QED) is 0.810. The summed E-state index contributed by atoms with van der Waals surface area (Å²) >= 11 is 14.9. The summed E-state index contributed by atoms with van der Waals surface area (Å²) in [5.74, 6) is -0.547. The van der Waals surface area contributed by atoms with Gasteiger partial charge in [-0.15, -0.1) is 0 Å². The first kappa shape index (κ1) is 13.8. The zero-order chi connectivity index (χ0) is 13.3. The molecule has 0 radical (unpaired) electrons. The van der Waals surface area contributed by atoms with Crippen LogP contribution in [-0.2, 0) is 0 Å². The van der Waals surface area contributed by atoms with Gasteiger partial charge in [-0.1, -0.05) is 35.3 Å². The molecule has 2 aromatic carbocycles. The number of aliphatic hydroxyl groups excluding tert-OH is 1. The molecule has 18 heavy (non-hydrogen) atoms. The Balaban J connectivity index is 2.41. The van der Waals surface area contributed by atoms with Crippen molar-refractivity contribution in [2.75, 3.05) is 0 Å². The highest BCUT2D eigenvalue weighted by Crippen LogP contribution is 2.30. The first-order valence-corrected chi connectivity index (χ1v) is 6.62. The van der Waals surface area contributed by atoms with Crippen LogP contribution in [-0.4, -0.2) is 5.11 Å². The van der Waals surface area contributed by atoms with E-state index in [1.54, 1.807) is 18.2 Å². The average molecular weight is 350 g/mol. The molecule has 0 aromatic heterocycles. The van der Waals surface area contributed by atoms with Crippen LogP contribution in [0.15, 0.2) is 40.9 Å². The van der Waals surface area contributed by atoms with Crippen LogP contribution in [0.3, 0.4) is 0 Å². The molecule has 1 N–H and O–H groups in total. The van der Waals surface area contributed by atoms with Crippen molar-refractivity contribution in [1.82, 2.24) is 0 Å². The van der Waals surface area contributed by atoms with E-state index in [4.69, 9.17) is 23.2 Å². The smallest absolute Gasteiger partial charge is 0.130 e. The molecule has 0 amide bonds. The number of aliphatic hydroxyl groups is 1. The Kier molecular flexibility index (Phi) is 4.28. The number of benzene rings is 2. The second kappa shape index (κ2) is 5.57. The van der Waals surface area contributed by atoms with Gasteiger partial charge in [-0.25, -0.2) is 4.39 Å². The third kappa shape index (κ3) is 2.86. The van der Waals surface area contributed by atoms with Crippen molar-refractivity contribution in [1.29, 1.82) is 0 Å². The van der Waals surface area contributed by atoms with Crippen molar-refractivity contribution < 1.29 is 9.50 Å². The van der Waals surface area contributed by atoms with E-state index in [2.05, 4.69) is 15.9 Å². The molecule has 0 aliphatic heterocycles. The van der Waals surface area contributed by atoms with Crippen molar-refractivity contribution >= 4 is 39.1 Å². The number of hydrogen-bond acceptors (Lipinski definition) is 1. The van der Waals surface area contributed by atoms with Crippen molar-refractivity contribution in [3.8, 4) is 0 Å². The normalized spacial score (nSPS) is 12.5. The number of rotatable bonds is 2. The van der Waals surface area contributed by atoms with Gasteiger partial charge in [0.05, 0.1) is 5.02 Å². The molecule has 2 aromatic rings. The summed E-state index contributed by atoms with van der Waals surface area (Å²) in [6, 6.07) is 9.12. The lowest BCUT2D eigenvalue weighted by Crippen LogP contribution is -2.02. The molecular formula is C13H8BrCl2FO. The predicted octanol–water partition coefficient (Wildman–Crippen LogP) is 4.98. The lowest BCUT2D eigenvalue weighted by molar-refractivity contribution is 0.215. The molecule has 5 heteroatoms. The van der Waals surface area contributed by atoms with Crippen LogP contribution >= 0.6 is 39.1 Å². The zero-order valence-corrected chi connectivity index (χ0v) is 12.1. The summed E-state index contributed by atoms with van der Waals surface area (Å²) in [7, 11) is 0.